The molecule has 2 aliphatic rings. The first-order chi connectivity index (χ1) is 10.2. The number of carbonyl (C=O) groups is 1. The number of fused-ring (bicyclic) bond motifs is 1. The molecule has 0 aliphatic carbocycles. The lowest BCUT2D eigenvalue weighted by molar-refractivity contribution is 0.0957. The number of carbonyl (C=O) groups excluding carboxylic acids is 1. The molecule has 1 aromatic rings. The molecule has 1 amide bonds. The number of anilines is 1. The van der Waals surface area contributed by atoms with Crippen molar-refractivity contribution in [3.8, 4) is 0 Å². The van der Waals surface area contributed by atoms with E-state index in [2.05, 4.69) is 32.4 Å². The third-order valence-corrected chi connectivity index (χ3v) is 4.68. The summed E-state index contributed by atoms with van der Waals surface area (Å²) in [5.41, 5.74) is 0.373. The summed E-state index contributed by atoms with van der Waals surface area (Å²) in [4.78, 5) is 16.3. The number of hydrogen-bond donors (Lipinski definition) is 1. The summed E-state index contributed by atoms with van der Waals surface area (Å²) >= 11 is 0. The van der Waals surface area contributed by atoms with Crippen LogP contribution in [0.1, 0.15) is 29.8 Å². The van der Waals surface area contributed by atoms with Gasteiger partial charge >= 0.3 is 0 Å². The van der Waals surface area contributed by atoms with E-state index in [1.807, 2.05) is 6.07 Å². The van der Waals surface area contributed by atoms with Crippen molar-refractivity contribution >= 4 is 11.7 Å². The monoisotopic (exact) mass is 289 g/mol. The van der Waals surface area contributed by atoms with Gasteiger partial charge in [-0.1, -0.05) is 0 Å². The molecule has 0 radical (unpaired) electrons. The lowest BCUT2D eigenvalue weighted by Crippen LogP contribution is -2.53. The zero-order valence-electron chi connectivity index (χ0n) is 12.7. The van der Waals surface area contributed by atoms with E-state index in [1.165, 1.54) is 25.8 Å². The standard InChI is InChI=1S/C15H23N5O/c1-16-15(21)12-5-6-14(18-17-12)20-8-3-4-11-10-19(2)9-7-13(11)20/h5-6,11,13H,3-4,7-10H2,1-2H3,(H,16,21). The van der Waals surface area contributed by atoms with E-state index in [-0.39, 0.29) is 5.91 Å². The molecule has 114 valence electrons. The lowest BCUT2D eigenvalue weighted by atomic mass is 9.84. The summed E-state index contributed by atoms with van der Waals surface area (Å²) < 4.78 is 0. The Morgan fingerprint density at radius 2 is 2.14 bits per heavy atom. The minimum absolute atomic E-state index is 0.190. The van der Waals surface area contributed by atoms with Crippen molar-refractivity contribution in [1.82, 2.24) is 20.4 Å². The van der Waals surface area contributed by atoms with Crippen LogP contribution in [0.3, 0.4) is 0 Å². The van der Waals surface area contributed by atoms with Crippen LogP contribution in [0.4, 0.5) is 5.82 Å². The molecule has 6 nitrogen and oxygen atoms in total. The van der Waals surface area contributed by atoms with Gasteiger partial charge < -0.3 is 15.1 Å². The summed E-state index contributed by atoms with van der Waals surface area (Å²) in [6.07, 6.45) is 3.68. The Hall–Kier alpha value is -1.69. The van der Waals surface area contributed by atoms with Crippen molar-refractivity contribution < 1.29 is 4.79 Å². The van der Waals surface area contributed by atoms with Crippen LogP contribution in [0.2, 0.25) is 0 Å². The van der Waals surface area contributed by atoms with Gasteiger partial charge in [0.25, 0.3) is 5.91 Å². The summed E-state index contributed by atoms with van der Waals surface area (Å²) in [5, 5.41) is 10.9. The molecule has 0 spiro atoms. The smallest absolute Gasteiger partial charge is 0.271 e. The highest BCUT2D eigenvalue weighted by molar-refractivity contribution is 5.91. The van der Waals surface area contributed by atoms with Gasteiger partial charge in [0.2, 0.25) is 0 Å². The highest BCUT2D eigenvalue weighted by Crippen LogP contribution is 2.32. The third-order valence-electron chi connectivity index (χ3n) is 4.68. The second-order valence-electron chi connectivity index (χ2n) is 6.07. The fourth-order valence-electron chi connectivity index (χ4n) is 3.60. The first-order valence-corrected chi connectivity index (χ1v) is 7.70. The van der Waals surface area contributed by atoms with Crippen molar-refractivity contribution in [2.75, 3.05) is 38.6 Å². The number of rotatable bonds is 2. The number of likely N-dealkylation sites (tertiary alicyclic amines) is 1. The van der Waals surface area contributed by atoms with Crippen LogP contribution in [-0.4, -0.2) is 60.8 Å². The molecule has 2 aliphatic heterocycles. The molecule has 0 bridgehead atoms. The van der Waals surface area contributed by atoms with Crippen LogP contribution < -0.4 is 10.2 Å². The zero-order valence-corrected chi connectivity index (χ0v) is 12.7. The van der Waals surface area contributed by atoms with E-state index in [0.717, 1.165) is 24.8 Å². The Labute approximate surface area is 125 Å². The van der Waals surface area contributed by atoms with Gasteiger partial charge in [0.1, 0.15) is 0 Å². The molecule has 3 rings (SSSR count). The summed E-state index contributed by atoms with van der Waals surface area (Å²) in [6.45, 7) is 3.35. The number of aromatic nitrogens is 2. The molecule has 1 N–H and O–H groups in total. The molecule has 0 saturated carbocycles. The molecular weight excluding hydrogens is 266 g/mol. The molecule has 2 fully saturated rings. The molecule has 3 heterocycles. The molecule has 2 atom stereocenters. The zero-order chi connectivity index (χ0) is 14.8. The van der Waals surface area contributed by atoms with Gasteiger partial charge in [-0.05, 0) is 50.9 Å². The normalized spacial score (nSPS) is 26.3. The first-order valence-electron chi connectivity index (χ1n) is 7.70. The summed E-state index contributed by atoms with van der Waals surface area (Å²) in [5.74, 6) is 1.43. The maximum absolute atomic E-state index is 11.5. The van der Waals surface area contributed by atoms with Gasteiger partial charge in [-0.25, -0.2) is 0 Å². The van der Waals surface area contributed by atoms with Gasteiger partial charge in [0, 0.05) is 26.2 Å². The average Bonchev–Trinajstić information content (AvgIpc) is 2.53. The molecule has 6 heteroatoms. The summed E-state index contributed by atoms with van der Waals surface area (Å²) in [7, 11) is 3.80. The second-order valence-corrected chi connectivity index (χ2v) is 6.07. The number of nitrogens with one attached hydrogen (secondary N) is 1. The number of amides is 1. The average molecular weight is 289 g/mol. The maximum Gasteiger partial charge on any atom is 0.271 e. The van der Waals surface area contributed by atoms with Gasteiger partial charge in [-0.3, -0.25) is 4.79 Å². The first kappa shape index (κ1) is 14.3. The molecule has 2 unspecified atom stereocenters. The fourth-order valence-corrected chi connectivity index (χ4v) is 3.60. The minimum atomic E-state index is -0.190. The SMILES string of the molecule is CNC(=O)c1ccc(N2CCCC3CN(C)CCC32)nn1. The van der Waals surface area contributed by atoms with Crippen LogP contribution in [0.5, 0.6) is 0 Å². The number of nitrogens with zero attached hydrogens (tertiary/aromatic N) is 4. The quantitative estimate of drug-likeness (QED) is 0.871. The van der Waals surface area contributed by atoms with Crippen LogP contribution in [0, 0.1) is 5.92 Å². The van der Waals surface area contributed by atoms with Crippen molar-refractivity contribution in [2.45, 2.75) is 25.3 Å². The summed E-state index contributed by atoms with van der Waals surface area (Å²) in [6, 6.07) is 4.26. The van der Waals surface area contributed by atoms with Crippen molar-refractivity contribution in [1.29, 1.82) is 0 Å². The number of hydrogen-bond acceptors (Lipinski definition) is 5. The van der Waals surface area contributed by atoms with Gasteiger partial charge in [-0.15, -0.1) is 10.2 Å². The molecule has 1 aromatic heterocycles. The van der Waals surface area contributed by atoms with E-state index in [9.17, 15) is 4.79 Å². The van der Waals surface area contributed by atoms with Crippen LogP contribution in [0.15, 0.2) is 12.1 Å². The predicted octanol–water partition coefficient (Wildman–Crippen LogP) is 0.757. The van der Waals surface area contributed by atoms with E-state index >= 15 is 0 Å². The Morgan fingerprint density at radius 1 is 1.29 bits per heavy atom. The maximum atomic E-state index is 11.5. The molecule has 21 heavy (non-hydrogen) atoms. The topological polar surface area (TPSA) is 61.4 Å². The van der Waals surface area contributed by atoms with Crippen LogP contribution >= 0.6 is 0 Å². The molecule has 0 aromatic carbocycles. The van der Waals surface area contributed by atoms with E-state index < -0.39 is 0 Å². The van der Waals surface area contributed by atoms with Gasteiger partial charge in [0.05, 0.1) is 0 Å². The Balaban J connectivity index is 1.77. The fraction of sp³-hybridized carbons (Fsp3) is 0.667. The highest BCUT2D eigenvalue weighted by Gasteiger charge is 2.35. The Morgan fingerprint density at radius 3 is 2.86 bits per heavy atom. The number of piperidine rings is 2. The molecular formula is C15H23N5O. The van der Waals surface area contributed by atoms with E-state index in [4.69, 9.17) is 0 Å². The van der Waals surface area contributed by atoms with Crippen LogP contribution in [0.25, 0.3) is 0 Å². The highest BCUT2D eigenvalue weighted by atomic mass is 16.1. The Bertz CT molecular complexity index is 503. The van der Waals surface area contributed by atoms with E-state index in [1.54, 1.807) is 13.1 Å². The minimum Gasteiger partial charge on any atom is -0.354 e. The van der Waals surface area contributed by atoms with Gasteiger partial charge in [-0.2, -0.15) is 0 Å². The van der Waals surface area contributed by atoms with Crippen molar-refractivity contribution in [3.05, 3.63) is 17.8 Å². The third kappa shape index (κ3) is 2.85. The van der Waals surface area contributed by atoms with E-state index in [0.29, 0.717) is 11.7 Å². The largest absolute Gasteiger partial charge is 0.354 e. The van der Waals surface area contributed by atoms with Gasteiger partial charge in [0.15, 0.2) is 11.5 Å². The Kier molecular flexibility index (Phi) is 4.05. The lowest BCUT2D eigenvalue weighted by Gasteiger charge is -2.46. The second kappa shape index (κ2) is 5.97. The van der Waals surface area contributed by atoms with Crippen molar-refractivity contribution in [3.63, 3.8) is 0 Å². The molecule has 2 saturated heterocycles. The predicted molar refractivity (Wildman–Crippen MR) is 81.4 cm³/mol. The van der Waals surface area contributed by atoms with Crippen molar-refractivity contribution in [2.24, 2.45) is 5.92 Å². The van der Waals surface area contributed by atoms with Crippen LogP contribution in [-0.2, 0) is 0 Å².